The van der Waals surface area contributed by atoms with Crippen LogP contribution in [0.5, 0.6) is 0 Å². The van der Waals surface area contributed by atoms with E-state index < -0.39 is 6.10 Å². The molecule has 2 atom stereocenters. The lowest BCUT2D eigenvalue weighted by Crippen LogP contribution is -2.40. The van der Waals surface area contributed by atoms with Crippen LogP contribution in [0.3, 0.4) is 0 Å². The molecular formula is C24H32N4O3. The van der Waals surface area contributed by atoms with Gasteiger partial charge in [0.05, 0.1) is 12.3 Å². The van der Waals surface area contributed by atoms with Crippen LogP contribution in [0.2, 0.25) is 0 Å². The first-order chi connectivity index (χ1) is 14.9. The fourth-order valence-electron chi connectivity index (χ4n) is 4.47. The molecule has 0 saturated carbocycles. The first-order valence-electron chi connectivity index (χ1n) is 10.9. The Balaban J connectivity index is 1.62. The SMILES string of the molecule is CCC1(C)CCc2c(-c3cc4ccc(N(C)C(=O)C(COC)OC)cc4[nH]3)n[nH]c2C1. The van der Waals surface area contributed by atoms with Crippen LogP contribution in [-0.4, -0.2) is 55.1 Å². The lowest BCUT2D eigenvalue weighted by molar-refractivity contribution is -0.130. The van der Waals surface area contributed by atoms with Crippen LogP contribution in [0.4, 0.5) is 5.69 Å². The first-order valence-corrected chi connectivity index (χ1v) is 10.9. The van der Waals surface area contributed by atoms with Crippen molar-refractivity contribution in [1.82, 2.24) is 15.2 Å². The number of methoxy groups -OCH3 is 2. The van der Waals surface area contributed by atoms with Crippen molar-refractivity contribution in [3.05, 3.63) is 35.5 Å². The summed E-state index contributed by atoms with van der Waals surface area (Å²) in [5.41, 5.74) is 6.73. The summed E-state index contributed by atoms with van der Waals surface area (Å²) in [4.78, 5) is 17.8. The van der Waals surface area contributed by atoms with E-state index in [-0.39, 0.29) is 12.5 Å². The Kier molecular flexibility index (Phi) is 5.90. The van der Waals surface area contributed by atoms with Crippen molar-refractivity contribution in [2.45, 2.75) is 45.6 Å². The number of amides is 1. The van der Waals surface area contributed by atoms with Crippen LogP contribution in [0.25, 0.3) is 22.3 Å². The van der Waals surface area contributed by atoms with E-state index in [0.717, 1.165) is 40.8 Å². The van der Waals surface area contributed by atoms with E-state index in [1.807, 2.05) is 18.2 Å². The number of aromatic amines is 2. The molecule has 0 saturated heterocycles. The molecule has 0 aliphatic heterocycles. The molecule has 31 heavy (non-hydrogen) atoms. The summed E-state index contributed by atoms with van der Waals surface area (Å²) in [5, 5.41) is 9.03. The highest BCUT2D eigenvalue weighted by Gasteiger charge is 2.31. The number of fused-ring (bicyclic) bond motifs is 2. The highest BCUT2D eigenvalue weighted by Crippen LogP contribution is 2.40. The maximum atomic E-state index is 12.7. The fourth-order valence-corrected chi connectivity index (χ4v) is 4.47. The highest BCUT2D eigenvalue weighted by molar-refractivity contribution is 5.98. The monoisotopic (exact) mass is 424 g/mol. The quantitative estimate of drug-likeness (QED) is 0.598. The number of likely N-dealkylation sites (N-methyl/N-ethyl adjacent to an activating group) is 1. The molecule has 4 rings (SSSR count). The zero-order chi connectivity index (χ0) is 22.2. The van der Waals surface area contributed by atoms with E-state index in [1.54, 1.807) is 19.1 Å². The summed E-state index contributed by atoms with van der Waals surface area (Å²) >= 11 is 0. The van der Waals surface area contributed by atoms with Crippen LogP contribution in [0.1, 0.15) is 37.9 Å². The molecular weight excluding hydrogens is 392 g/mol. The van der Waals surface area contributed by atoms with Gasteiger partial charge >= 0.3 is 0 Å². The van der Waals surface area contributed by atoms with Gasteiger partial charge in [-0.3, -0.25) is 9.89 Å². The van der Waals surface area contributed by atoms with Gasteiger partial charge in [-0.25, -0.2) is 0 Å². The lowest BCUT2D eigenvalue weighted by atomic mass is 9.73. The van der Waals surface area contributed by atoms with Crippen molar-refractivity contribution >= 4 is 22.5 Å². The Labute approximate surface area is 183 Å². The van der Waals surface area contributed by atoms with Crippen molar-refractivity contribution in [2.75, 3.05) is 32.8 Å². The number of carbonyl (C=O) groups is 1. The molecule has 2 heterocycles. The number of anilines is 1. The molecule has 1 aromatic carbocycles. The van der Waals surface area contributed by atoms with Crippen LogP contribution < -0.4 is 4.90 Å². The second-order valence-electron chi connectivity index (χ2n) is 8.90. The Hall–Kier alpha value is -2.64. The highest BCUT2D eigenvalue weighted by atomic mass is 16.5. The predicted octanol–water partition coefficient (Wildman–Crippen LogP) is 4.09. The van der Waals surface area contributed by atoms with Gasteiger partial charge in [0.15, 0.2) is 6.10 Å². The zero-order valence-electron chi connectivity index (χ0n) is 19.0. The van der Waals surface area contributed by atoms with Gasteiger partial charge in [-0.15, -0.1) is 0 Å². The molecule has 0 spiro atoms. The molecule has 2 unspecified atom stereocenters. The maximum absolute atomic E-state index is 12.7. The minimum atomic E-state index is -0.630. The molecule has 0 fully saturated rings. The summed E-state index contributed by atoms with van der Waals surface area (Å²) in [6.07, 6.45) is 3.82. The molecule has 7 heteroatoms. The third-order valence-corrected chi connectivity index (χ3v) is 6.85. The predicted molar refractivity (Wildman–Crippen MR) is 122 cm³/mol. The van der Waals surface area contributed by atoms with E-state index in [9.17, 15) is 4.79 Å². The van der Waals surface area contributed by atoms with E-state index in [1.165, 1.54) is 31.2 Å². The number of hydrogen-bond acceptors (Lipinski definition) is 4. The van der Waals surface area contributed by atoms with Gasteiger partial charge in [0.1, 0.15) is 5.69 Å². The molecule has 7 nitrogen and oxygen atoms in total. The molecule has 2 N–H and O–H groups in total. The van der Waals surface area contributed by atoms with E-state index >= 15 is 0 Å². The number of benzene rings is 1. The summed E-state index contributed by atoms with van der Waals surface area (Å²) in [6.45, 7) is 4.85. The maximum Gasteiger partial charge on any atom is 0.258 e. The topological polar surface area (TPSA) is 83.2 Å². The number of carbonyl (C=O) groups excluding carboxylic acids is 1. The molecule has 1 aliphatic carbocycles. The number of nitrogens with one attached hydrogen (secondary N) is 2. The van der Waals surface area contributed by atoms with Crippen molar-refractivity contribution in [2.24, 2.45) is 5.41 Å². The number of hydrogen-bond donors (Lipinski definition) is 2. The zero-order valence-corrected chi connectivity index (χ0v) is 19.0. The fraction of sp³-hybridized carbons (Fsp3) is 0.500. The van der Waals surface area contributed by atoms with Gasteiger partial charge in [0.2, 0.25) is 0 Å². The standard InChI is InChI=1S/C24H32N4O3/c1-6-24(2)10-9-17-20(13-24)26-27-22(17)19-11-15-7-8-16(12-18(15)25-19)28(3)23(29)21(31-5)14-30-4/h7-8,11-12,21,25H,6,9-10,13-14H2,1-5H3,(H,26,27). The Morgan fingerprint density at radius 1 is 1.32 bits per heavy atom. The molecule has 1 amide bonds. The minimum Gasteiger partial charge on any atom is -0.381 e. The largest absolute Gasteiger partial charge is 0.381 e. The van der Waals surface area contributed by atoms with E-state index in [4.69, 9.17) is 9.47 Å². The van der Waals surface area contributed by atoms with Gasteiger partial charge in [0, 0.05) is 49.1 Å². The molecule has 0 bridgehead atoms. The van der Waals surface area contributed by atoms with Crippen molar-refractivity contribution < 1.29 is 14.3 Å². The average molecular weight is 425 g/mol. The van der Waals surface area contributed by atoms with E-state index in [2.05, 4.69) is 35.1 Å². The molecule has 1 aliphatic rings. The van der Waals surface area contributed by atoms with Crippen LogP contribution in [-0.2, 0) is 27.1 Å². The van der Waals surface area contributed by atoms with Gasteiger partial charge in [-0.05, 0) is 42.9 Å². The third kappa shape index (κ3) is 4.00. The summed E-state index contributed by atoms with van der Waals surface area (Å²) < 4.78 is 10.4. The number of nitrogens with zero attached hydrogens (tertiary/aromatic N) is 2. The molecule has 3 aromatic rings. The summed E-state index contributed by atoms with van der Waals surface area (Å²) in [5.74, 6) is -0.143. The van der Waals surface area contributed by atoms with Gasteiger partial charge in [-0.2, -0.15) is 5.10 Å². The normalized spacial score (nSPS) is 19.4. The number of rotatable bonds is 7. The van der Waals surface area contributed by atoms with Crippen molar-refractivity contribution in [3.63, 3.8) is 0 Å². The average Bonchev–Trinajstić information content (AvgIpc) is 3.39. The number of H-pyrrole nitrogens is 2. The van der Waals surface area contributed by atoms with Gasteiger partial charge in [0.25, 0.3) is 5.91 Å². The van der Waals surface area contributed by atoms with Crippen molar-refractivity contribution in [1.29, 1.82) is 0 Å². The summed E-state index contributed by atoms with van der Waals surface area (Å²) in [6, 6.07) is 8.10. The molecule has 0 radical (unpaired) electrons. The van der Waals surface area contributed by atoms with Gasteiger partial charge < -0.3 is 19.4 Å². The van der Waals surface area contributed by atoms with Gasteiger partial charge in [-0.1, -0.05) is 26.3 Å². The van der Waals surface area contributed by atoms with Crippen molar-refractivity contribution in [3.8, 4) is 11.4 Å². The number of aromatic nitrogens is 3. The number of ether oxygens (including phenoxy) is 2. The lowest BCUT2D eigenvalue weighted by Gasteiger charge is -2.32. The second kappa shape index (κ2) is 8.48. The smallest absolute Gasteiger partial charge is 0.258 e. The Bertz CT molecular complexity index is 1090. The Morgan fingerprint density at radius 3 is 2.84 bits per heavy atom. The third-order valence-electron chi connectivity index (χ3n) is 6.85. The summed E-state index contributed by atoms with van der Waals surface area (Å²) in [7, 11) is 4.83. The van der Waals surface area contributed by atoms with Crippen LogP contribution in [0.15, 0.2) is 24.3 Å². The minimum absolute atomic E-state index is 0.143. The molecule has 166 valence electrons. The second-order valence-corrected chi connectivity index (χ2v) is 8.90. The molecule has 2 aromatic heterocycles. The van der Waals surface area contributed by atoms with E-state index in [0.29, 0.717) is 5.41 Å². The van der Waals surface area contributed by atoms with Crippen LogP contribution in [0, 0.1) is 5.41 Å². The van der Waals surface area contributed by atoms with Crippen LogP contribution >= 0.6 is 0 Å². The Morgan fingerprint density at radius 2 is 2.13 bits per heavy atom. The first kappa shape index (κ1) is 21.6.